The molecular weight excluding hydrogens is 383 g/mol. The van der Waals surface area contributed by atoms with E-state index in [1.807, 2.05) is 30.6 Å². The van der Waals surface area contributed by atoms with Crippen molar-refractivity contribution >= 4 is 34.2 Å². The lowest BCUT2D eigenvalue weighted by atomic mass is 10.2. The summed E-state index contributed by atoms with van der Waals surface area (Å²) in [6.07, 6.45) is 3.83. The first-order chi connectivity index (χ1) is 9.72. The van der Waals surface area contributed by atoms with Gasteiger partial charge in [-0.25, -0.2) is 4.98 Å². The van der Waals surface area contributed by atoms with Crippen molar-refractivity contribution in [3.05, 3.63) is 75.1 Å². The van der Waals surface area contributed by atoms with Gasteiger partial charge in [-0.05, 0) is 52.4 Å². The van der Waals surface area contributed by atoms with Gasteiger partial charge in [0, 0.05) is 33.1 Å². The van der Waals surface area contributed by atoms with Crippen molar-refractivity contribution in [1.29, 1.82) is 0 Å². The average Bonchev–Trinajstić information content (AvgIpc) is 2.88. The van der Waals surface area contributed by atoms with E-state index in [4.69, 9.17) is 11.6 Å². The van der Waals surface area contributed by atoms with Crippen LogP contribution >= 0.6 is 34.2 Å². The van der Waals surface area contributed by atoms with Gasteiger partial charge in [-0.1, -0.05) is 35.9 Å². The molecule has 20 heavy (non-hydrogen) atoms. The van der Waals surface area contributed by atoms with E-state index in [-0.39, 0.29) is 0 Å². The number of aromatic nitrogens is 2. The summed E-state index contributed by atoms with van der Waals surface area (Å²) in [4.78, 5) is 4.46. The summed E-state index contributed by atoms with van der Waals surface area (Å²) < 4.78 is 3.35. The highest BCUT2D eigenvalue weighted by Crippen LogP contribution is 2.20. The molecule has 0 N–H and O–H groups in total. The number of benzene rings is 2. The highest BCUT2D eigenvalue weighted by atomic mass is 127. The largest absolute Gasteiger partial charge is 0.327 e. The predicted octanol–water partition coefficient (Wildman–Crippen LogP) is 4.86. The molecule has 100 valence electrons. The summed E-state index contributed by atoms with van der Waals surface area (Å²) in [6.45, 7) is 0.766. The molecular formula is C16H12ClIN2. The number of hydrogen-bond donors (Lipinski definition) is 0. The Morgan fingerprint density at radius 3 is 2.65 bits per heavy atom. The van der Waals surface area contributed by atoms with E-state index in [1.165, 1.54) is 9.13 Å². The van der Waals surface area contributed by atoms with E-state index in [0.29, 0.717) is 0 Å². The Hall–Kier alpha value is -1.33. The molecule has 0 spiro atoms. The number of halogens is 2. The van der Waals surface area contributed by atoms with Gasteiger partial charge in [0.2, 0.25) is 0 Å². The second-order valence-electron chi connectivity index (χ2n) is 4.52. The van der Waals surface area contributed by atoms with Crippen molar-refractivity contribution in [2.45, 2.75) is 6.54 Å². The monoisotopic (exact) mass is 394 g/mol. The SMILES string of the molecule is Clc1cccc(Cn2ccnc2-c2ccc(I)cc2)c1. The van der Waals surface area contributed by atoms with Gasteiger partial charge in [-0.3, -0.25) is 0 Å². The fourth-order valence-corrected chi connectivity index (χ4v) is 2.70. The Morgan fingerprint density at radius 1 is 1.10 bits per heavy atom. The molecule has 2 aromatic carbocycles. The molecule has 3 rings (SSSR count). The molecule has 0 fully saturated rings. The summed E-state index contributed by atoms with van der Waals surface area (Å²) in [5.41, 5.74) is 2.29. The minimum atomic E-state index is 0.762. The Bertz CT molecular complexity index is 719. The molecule has 0 radical (unpaired) electrons. The van der Waals surface area contributed by atoms with Gasteiger partial charge in [-0.15, -0.1) is 0 Å². The Balaban J connectivity index is 1.92. The minimum absolute atomic E-state index is 0.762. The van der Waals surface area contributed by atoms with Crippen LogP contribution in [0, 0.1) is 3.57 Å². The minimum Gasteiger partial charge on any atom is -0.327 e. The van der Waals surface area contributed by atoms with Gasteiger partial charge in [0.25, 0.3) is 0 Å². The number of rotatable bonds is 3. The summed E-state index contributed by atoms with van der Waals surface area (Å²) in [6, 6.07) is 16.3. The molecule has 3 aromatic rings. The van der Waals surface area contributed by atoms with Crippen molar-refractivity contribution < 1.29 is 0 Å². The summed E-state index contributed by atoms with van der Waals surface area (Å²) in [5.74, 6) is 0.973. The number of hydrogen-bond acceptors (Lipinski definition) is 1. The fraction of sp³-hybridized carbons (Fsp3) is 0.0625. The normalized spacial score (nSPS) is 10.7. The van der Waals surface area contributed by atoms with Gasteiger partial charge in [0.1, 0.15) is 5.82 Å². The average molecular weight is 395 g/mol. The van der Waals surface area contributed by atoms with Crippen molar-refractivity contribution in [1.82, 2.24) is 9.55 Å². The lowest BCUT2D eigenvalue weighted by Gasteiger charge is -2.08. The summed E-state index contributed by atoms with van der Waals surface area (Å²) in [7, 11) is 0. The van der Waals surface area contributed by atoms with E-state index in [2.05, 4.69) is 62.5 Å². The van der Waals surface area contributed by atoms with E-state index in [0.717, 1.165) is 23.0 Å². The fourth-order valence-electron chi connectivity index (χ4n) is 2.13. The third-order valence-electron chi connectivity index (χ3n) is 3.06. The van der Waals surface area contributed by atoms with Crippen LogP contribution < -0.4 is 0 Å². The molecule has 0 aliphatic rings. The van der Waals surface area contributed by atoms with Gasteiger partial charge in [0.15, 0.2) is 0 Å². The standard InChI is InChI=1S/C16H12ClIN2/c17-14-3-1-2-12(10-14)11-20-9-8-19-16(20)13-4-6-15(18)7-5-13/h1-10H,11H2. The van der Waals surface area contributed by atoms with Crippen LogP contribution in [0.1, 0.15) is 5.56 Å². The molecule has 0 unspecified atom stereocenters. The van der Waals surface area contributed by atoms with Crippen LogP contribution in [0.4, 0.5) is 0 Å². The van der Waals surface area contributed by atoms with Gasteiger partial charge >= 0.3 is 0 Å². The highest BCUT2D eigenvalue weighted by molar-refractivity contribution is 14.1. The van der Waals surface area contributed by atoms with Crippen molar-refractivity contribution in [2.75, 3.05) is 0 Å². The summed E-state index contributed by atoms with van der Waals surface area (Å²) >= 11 is 8.34. The molecule has 0 aliphatic carbocycles. The third-order valence-corrected chi connectivity index (χ3v) is 4.01. The van der Waals surface area contributed by atoms with Crippen LogP contribution in [0.15, 0.2) is 60.9 Å². The molecule has 4 heteroatoms. The Labute approximate surface area is 136 Å². The topological polar surface area (TPSA) is 17.8 Å². The third kappa shape index (κ3) is 3.04. The second kappa shape index (κ2) is 5.97. The zero-order valence-electron chi connectivity index (χ0n) is 10.6. The van der Waals surface area contributed by atoms with E-state index in [9.17, 15) is 0 Å². The van der Waals surface area contributed by atoms with Crippen LogP contribution in [0.3, 0.4) is 0 Å². The molecule has 0 atom stereocenters. The smallest absolute Gasteiger partial charge is 0.140 e. The second-order valence-corrected chi connectivity index (χ2v) is 6.20. The zero-order valence-corrected chi connectivity index (χ0v) is 13.5. The molecule has 2 nitrogen and oxygen atoms in total. The quantitative estimate of drug-likeness (QED) is 0.580. The van der Waals surface area contributed by atoms with Crippen LogP contribution in [-0.2, 0) is 6.54 Å². The lowest BCUT2D eigenvalue weighted by Crippen LogP contribution is -2.01. The summed E-state index contributed by atoms with van der Waals surface area (Å²) in [5, 5.41) is 0.762. The first kappa shape index (κ1) is 13.6. The maximum Gasteiger partial charge on any atom is 0.140 e. The lowest BCUT2D eigenvalue weighted by molar-refractivity contribution is 0.807. The van der Waals surface area contributed by atoms with E-state index < -0.39 is 0 Å². The van der Waals surface area contributed by atoms with Gasteiger partial charge in [-0.2, -0.15) is 0 Å². The molecule has 1 heterocycles. The Morgan fingerprint density at radius 2 is 1.90 bits per heavy atom. The van der Waals surface area contributed by atoms with Crippen molar-refractivity contribution in [3.63, 3.8) is 0 Å². The maximum atomic E-state index is 6.03. The van der Waals surface area contributed by atoms with Gasteiger partial charge in [0.05, 0.1) is 0 Å². The molecule has 0 saturated heterocycles. The molecule has 0 amide bonds. The molecule has 0 saturated carbocycles. The van der Waals surface area contributed by atoms with Crippen LogP contribution in [0.5, 0.6) is 0 Å². The predicted molar refractivity (Wildman–Crippen MR) is 90.9 cm³/mol. The maximum absolute atomic E-state index is 6.03. The molecule has 1 aromatic heterocycles. The van der Waals surface area contributed by atoms with E-state index in [1.54, 1.807) is 0 Å². The Kier molecular flexibility index (Phi) is 4.08. The van der Waals surface area contributed by atoms with Crippen LogP contribution in [0.25, 0.3) is 11.4 Å². The zero-order chi connectivity index (χ0) is 13.9. The number of imidazole rings is 1. The molecule has 0 aliphatic heterocycles. The van der Waals surface area contributed by atoms with Crippen LogP contribution in [0.2, 0.25) is 5.02 Å². The van der Waals surface area contributed by atoms with Gasteiger partial charge < -0.3 is 4.57 Å². The highest BCUT2D eigenvalue weighted by Gasteiger charge is 2.06. The first-order valence-electron chi connectivity index (χ1n) is 6.24. The van der Waals surface area contributed by atoms with Crippen LogP contribution in [-0.4, -0.2) is 9.55 Å². The first-order valence-corrected chi connectivity index (χ1v) is 7.69. The molecule has 0 bridgehead atoms. The van der Waals surface area contributed by atoms with E-state index >= 15 is 0 Å². The van der Waals surface area contributed by atoms with Crippen molar-refractivity contribution in [3.8, 4) is 11.4 Å². The number of nitrogens with zero attached hydrogens (tertiary/aromatic N) is 2. The van der Waals surface area contributed by atoms with Crippen molar-refractivity contribution in [2.24, 2.45) is 0 Å².